The number of β-amino-alcohol motifs (C(OH)–C–C–N with tert-alkyl or cyclic N) is 1. The van der Waals surface area contributed by atoms with Crippen molar-refractivity contribution in [3.05, 3.63) is 83.0 Å². The number of nitrogens with zero attached hydrogens (tertiary/aromatic N) is 2. The van der Waals surface area contributed by atoms with E-state index in [0.29, 0.717) is 0 Å². The first-order chi connectivity index (χ1) is 20.2. The largest absolute Gasteiger partial charge is 0.485 e. The molecule has 1 aliphatic heterocycles. The highest BCUT2D eigenvalue weighted by Crippen LogP contribution is 2.36. The van der Waals surface area contributed by atoms with E-state index in [1.165, 1.54) is 24.3 Å². The van der Waals surface area contributed by atoms with Crippen molar-refractivity contribution in [1.29, 1.82) is 0 Å². The highest BCUT2D eigenvalue weighted by atomic mass is 19.4. The molecule has 4 rings (SSSR count). The molecule has 9 nitrogen and oxygen atoms in total. The fourth-order valence-electron chi connectivity index (χ4n) is 4.13. The molecule has 1 saturated heterocycles. The molecule has 43 heavy (non-hydrogen) atoms. The van der Waals surface area contributed by atoms with Crippen molar-refractivity contribution >= 4 is 12.0 Å². The number of halogens is 4. The van der Waals surface area contributed by atoms with Crippen molar-refractivity contribution in [2.45, 2.75) is 58.0 Å². The molecule has 13 heteroatoms. The minimum atomic E-state index is -4.84. The standard InChI is InChI=1S/C30H31F4N3O6/c1-29(2,3)43-28(40)35-14-19-11-25(30(32,33)34)36-26(12-19)42-24-13-20(27(39)37-15-21(31)22(38)16-37)9-10-23(24)41-17-18-7-5-4-6-8-18/h4-13,21-22,38H,14-17H2,1-3H3,(H,35,40). The quantitative estimate of drug-likeness (QED) is 0.319. The molecular formula is C30H31F4N3O6. The summed E-state index contributed by atoms with van der Waals surface area (Å²) in [4.78, 5) is 29.9. The molecule has 2 N–H and O–H groups in total. The Hall–Kier alpha value is -4.39. The van der Waals surface area contributed by atoms with E-state index in [0.717, 1.165) is 16.5 Å². The summed E-state index contributed by atoms with van der Waals surface area (Å²) in [6, 6.07) is 15.1. The maximum absolute atomic E-state index is 13.9. The number of aliphatic hydroxyl groups excluding tert-OH is 1. The number of benzene rings is 2. The van der Waals surface area contributed by atoms with Gasteiger partial charge in [0.25, 0.3) is 5.91 Å². The molecule has 1 aliphatic rings. The Morgan fingerprint density at radius 1 is 1.00 bits per heavy atom. The number of likely N-dealkylation sites (tertiary alicyclic amines) is 1. The fraction of sp³-hybridized carbons (Fsp3) is 0.367. The predicted octanol–water partition coefficient (Wildman–Crippen LogP) is 5.65. The van der Waals surface area contributed by atoms with Crippen LogP contribution in [-0.2, 0) is 24.1 Å². The molecule has 0 radical (unpaired) electrons. The minimum absolute atomic E-state index is 0.0159. The molecule has 2 atom stereocenters. The van der Waals surface area contributed by atoms with Gasteiger partial charge in [-0.3, -0.25) is 4.79 Å². The number of carbonyl (C=O) groups is 2. The number of pyridine rings is 1. The third-order valence-corrected chi connectivity index (χ3v) is 6.14. The van der Waals surface area contributed by atoms with E-state index in [1.807, 2.05) is 18.2 Å². The fourth-order valence-corrected chi connectivity index (χ4v) is 4.13. The van der Waals surface area contributed by atoms with E-state index >= 15 is 0 Å². The van der Waals surface area contributed by atoms with E-state index in [9.17, 15) is 32.3 Å². The van der Waals surface area contributed by atoms with Gasteiger partial charge in [-0.15, -0.1) is 0 Å². The zero-order valence-corrected chi connectivity index (χ0v) is 23.7. The zero-order valence-electron chi connectivity index (χ0n) is 23.7. The first-order valence-electron chi connectivity index (χ1n) is 13.3. The highest BCUT2D eigenvalue weighted by molar-refractivity contribution is 5.95. The second-order valence-corrected chi connectivity index (χ2v) is 10.9. The molecule has 1 aromatic heterocycles. The summed E-state index contributed by atoms with van der Waals surface area (Å²) in [6.45, 7) is 4.15. The van der Waals surface area contributed by atoms with Gasteiger partial charge in [0.1, 0.15) is 30.2 Å². The molecule has 230 valence electrons. The smallest absolute Gasteiger partial charge is 0.433 e. The molecule has 0 bridgehead atoms. The molecule has 0 spiro atoms. The van der Waals surface area contributed by atoms with E-state index < -0.39 is 47.6 Å². The molecular weight excluding hydrogens is 574 g/mol. The SMILES string of the molecule is CC(C)(C)OC(=O)NCc1cc(Oc2cc(C(=O)N3CC(O)C(F)C3)ccc2OCc2ccccc2)nc(C(F)(F)F)c1. The predicted molar refractivity (Wildman–Crippen MR) is 146 cm³/mol. The van der Waals surface area contributed by atoms with Gasteiger partial charge in [-0.25, -0.2) is 14.2 Å². The lowest BCUT2D eigenvalue weighted by atomic mass is 10.1. The Morgan fingerprint density at radius 2 is 1.72 bits per heavy atom. The second kappa shape index (κ2) is 12.9. The van der Waals surface area contributed by atoms with Crippen molar-refractivity contribution < 1.29 is 46.5 Å². The van der Waals surface area contributed by atoms with Crippen molar-refractivity contribution in [3.63, 3.8) is 0 Å². The summed E-state index contributed by atoms with van der Waals surface area (Å²) in [6.07, 6.45) is -8.60. The minimum Gasteiger partial charge on any atom is -0.485 e. The Labute approximate surface area is 245 Å². The summed E-state index contributed by atoms with van der Waals surface area (Å²) < 4.78 is 71.9. The first-order valence-corrected chi connectivity index (χ1v) is 13.3. The summed E-state index contributed by atoms with van der Waals surface area (Å²) >= 11 is 0. The molecule has 0 aliphatic carbocycles. The van der Waals surface area contributed by atoms with Crippen molar-refractivity contribution in [1.82, 2.24) is 15.2 Å². The number of aromatic nitrogens is 1. The second-order valence-electron chi connectivity index (χ2n) is 10.9. The van der Waals surface area contributed by atoms with Gasteiger partial charge in [-0.2, -0.15) is 13.2 Å². The van der Waals surface area contributed by atoms with Gasteiger partial charge in [0.05, 0.1) is 6.54 Å². The van der Waals surface area contributed by atoms with Crippen LogP contribution < -0.4 is 14.8 Å². The molecule has 1 fully saturated rings. The average molecular weight is 606 g/mol. The molecule has 2 amide bonds. The Balaban J connectivity index is 1.65. The van der Waals surface area contributed by atoms with Crippen LogP contribution in [0.25, 0.3) is 0 Å². The van der Waals surface area contributed by atoms with Gasteiger partial charge in [0.15, 0.2) is 11.5 Å². The summed E-state index contributed by atoms with van der Waals surface area (Å²) in [5.41, 5.74) is -1.25. The van der Waals surface area contributed by atoms with E-state index in [4.69, 9.17) is 14.2 Å². The van der Waals surface area contributed by atoms with Crippen LogP contribution in [0.15, 0.2) is 60.7 Å². The number of carbonyl (C=O) groups excluding carboxylic acids is 2. The van der Waals surface area contributed by atoms with Crippen LogP contribution in [0.3, 0.4) is 0 Å². The number of amides is 2. The van der Waals surface area contributed by atoms with Crippen molar-refractivity contribution in [2.75, 3.05) is 13.1 Å². The van der Waals surface area contributed by atoms with Crippen molar-refractivity contribution in [3.8, 4) is 17.4 Å². The van der Waals surface area contributed by atoms with E-state index in [1.54, 1.807) is 32.9 Å². The Morgan fingerprint density at radius 3 is 2.35 bits per heavy atom. The average Bonchev–Trinajstić information content (AvgIpc) is 3.27. The number of ether oxygens (including phenoxy) is 3. The summed E-state index contributed by atoms with van der Waals surface area (Å²) in [5, 5.41) is 12.1. The first kappa shape index (κ1) is 31.5. The molecule has 0 saturated carbocycles. The number of nitrogens with one attached hydrogen (secondary N) is 1. The van der Waals surface area contributed by atoms with E-state index in [-0.39, 0.29) is 48.9 Å². The Bertz CT molecular complexity index is 1440. The number of alkyl carbamates (subject to hydrolysis) is 1. The third-order valence-electron chi connectivity index (χ3n) is 6.14. The lowest BCUT2D eigenvalue weighted by molar-refractivity contribution is -0.141. The van der Waals surface area contributed by atoms with Crippen molar-refractivity contribution in [2.24, 2.45) is 0 Å². The Kier molecular flexibility index (Phi) is 9.43. The number of rotatable bonds is 8. The normalized spacial score (nSPS) is 17.0. The third kappa shape index (κ3) is 8.80. The van der Waals surface area contributed by atoms with Gasteiger partial charge in [-0.05, 0) is 56.2 Å². The zero-order chi connectivity index (χ0) is 31.4. The summed E-state index contributed by atoms with van der Waals surface area (Å²) in [5.74, 6) is -1.13. The lowest BCUT2D eigenvalue weighted by Gasteiger charge is -2.20. The highest BCUT2D eigenvalue weighted by Gasteiger charge is 2.35. The van der Waals surface area contributed by atoms with Gasteiger partial charge < -0.3 is 29.5 Å². The van der Waals surface area contributed by atoms with Gasteiger partial charge in [0, 0.05) is 24.7 Å². The van der Waals surface area contributed by atoms with Crippen LogP contribution in [0.1, 0.15) is 48.0 Å². The maximum atomic E-state index is 13.9. The maximum Gasteiger partial charge on any atom is 0.433 e. The summed E-state index contributed by atoms with van der Waals surface area (Å²) in [7, 11) is 0. The number of aliphatic hydroxyl groups is 1. The number of hydrogen-bond acceptors (Lipinski definition) is 7. The van der Waals surface area contributed by atoms with Crippen LogP contribution in [0.5, 0.6) is 17.4 Å². The number of alkyl halides is 4. The lowest BCUT2D eigenvalue weighted by Crippen LogP contribution is -2.32. The molecule has 2 aromatic carbocycles. The molecule has 2 heterocycles. The van der Waals surface area contributed by atoms with Crippen LogP contribution in [0, 0.1) is 0 Å². The monoisotopic (exact) mass is 605 g/mol. The van der Waals surface area contributed by atoms with Crippen LogP contribution in [0.2, 0.25) is 0 Å². The van der Waals surface area contributed by atoms with Gasteiger partial charge in [0.2, 0.25) is 5.88 Å². The van der Waals surface area contributed by atoms with Crippen LogP contribution in [-0.4, -0.2) is 58.0 Å². The van der Waals surface area contributed by atoms with Gasteiger partial charge >= 0.3 is 12.3 Å². The topological polar surface area (TPSA) is 110 Å². The number of hydrogen-bond donors (Lipinski definition) is 2. The van der Waals surface area contributed by atoms with E-state index in [2.05, 4.69) is 10.3 Å². The van der Waals surface area contributed by atoms with Crippen LogP contribution >= 0.6 is 0 Å². The van der Waals surface area contributed by atoms with Crippen LogP contribution in [0.4, 0.5) is 22.4 Å². The molecule has 3 aromatic rings. The molecule has 2 unspecified atom stereocenters. The van der Waals surface area contributed by atoms with Gasteiger partial charge in [-0.1, -0.05) is 30.3 Å².